The predicted octanol–water partition coefficient (Wildman–Crippen LogP) is 2.82. The Morgan fingerprint density at radius 2 is 1.81 bits per heavy atom. The molecule has 8 nitrogen and oxygen atoms in total. The largest absolute Gasteiger partial charge is 0.480 e. The quantitative estimate of drug-likeness (QED) is 0.218. The van der Waals surface area contributed by atoms with Gasteiger partial charge in [0.05, 0.1) is 0 Å². The van der Waals surface area contributed by atoms with Crippen molar-refractivity contribution >= 4 is 35.4 Å². The van der Waals surface area contributed by atoms with Gasteiger partial charge >= 0.3 is 11.9 Å². The number of carboxylic acids is 2. The summed E-state index contributed by atoms with van der Waals surface area (Å²) in [6, 6.07) is -0.750. The van der Waals surface area contributed by atoms with Crippen molar-refractivity contribution in [2.45, 2.75) is 78.3 Å². The molecule has 1 aliphatic rings. The fourth-order valence-corrected chi connectivity index (χ4v) is 4.48. The average molecular weight is 457 g/mol. The Morgan fingerprint density at radius 1 is 1.19 bits per heavy atom. The van der Waals surface area contributed by atoms with Crippen LogP contribution in [0.25, 0.3) is 0 Å². The summed E-state index contributed by atoms with van der Waals surface area (Å²) >= 11 is 1.50. The van der Waals surface area contributed by atoms with E-state index in [9.17, 15) is 29.4 Å². The number of allylic oxidation sites excluding steroid dienone is 1. The number of hydrogen-bond donors (Lipinski definition) is 4. The van der Waals surface area contributed by atoms with E-state index >= 15 is 0 Å². The highest BCUT2D eigenvalue weighted by Crippen LogP contribution is 2.51. The Hall–Kier alpha value is -1.87. The summed E-state index contributed by atoms with van der Waals surface area (Å²) in [5.41, 5.74) is -0.731. The SMILES string of the molecule is CC(=O)CC(C)(C)N[C@@H](CSCCCC/C=C(\NC(=O)[C@@H]1CC1(C)C)C(=O)O)C(=O)O. The molecule has 0 spiro atoms. The molecule has 0 bridgehead atoms. The fourth-order valence-electron chi connectivity index (χ4n) is 3.44. The zero-order chi connectivity index (χ0) is 23.8. The number of carboxylic acid groups (broad SMARTS) is 2. The highest BCUT2D eigenvalue weighted by atomic mass is 32.2. The molecule has 0 radical (unpaired) electrons. The minimum Gasteiger partial charge on any atom is -0.480 e. The van der Waals surface area contributed by atoms with Crippen molar-refractivity contribution in [3.8, 4) is 0 Å². The van der Waals surface area contributed by atoms with Crippen molar-refractivity contribution in [3.63, 3.8) is 0 Å². The van der Waals surface area contributed by atoms with Crippen LogP contribution in [0, 0.1) is 11.3 Å². The molecule has 2 atom stereocenters. The monoisotopic (exact) mass is 456 g/mol. The van der Waals surface area contributed by atoms with Crippen molar-refractivity contribution in [2.24, 2.45) is 11.3 Å². The van der Waals surface area contributed by atoms with E-state index in [1.165, 1.54) is 24.8 Å². The van der Waals surface area contributed by atoms with Crippen molar-refractivity contribution in [1.82, 2.24) is 10.6 Å². The number of amides is 1. The second-order valence-electron chi connectivity index (χ2n) is 9.53. The smallest absolute Gasteiger partial charge is 0.352 e. The number of nitrogens with one attached hydrogen (secondary N) is 2. The summed E-state index contributed by atoms with van der Waals surface area (Å²) in [4.78, 5) is 46.3. The number of unbranched alkanes of at least 4 members (excludes halogenated alkanes) is 2. The molecule has 0 aromatic heterocycles. The molecule has 1 fully saturated rings. The number of aliphatic carboxylic acids is 2. The first kappa shape index (κ1) is 27.2. The molecule has 0 aromatic rings. The molecule has 0 aliphatic heterocycles. The third-order valence-corrected chi connectivity index (χ3v) is 6.39. The average Bonchev–Trinajstić information content (AvgIpc) is 3.25. The van der Waals surface area contributed by atoms with Crippen LogP contribution in [0.15, 0.2) is 11.8 Å². The highest BCUT2D eigenvalue weighted by Gasteiger charge is 2.50. The number of hydrogen-bond acceptors (Lipinski definition) is 6. The predicted molar refractivity (Wildman–Crippen MR) is 121 cm³/mol. The van der Waals surface area contributed by atoms with Gasteiger partial charge in [0, 0.05) is 23.6 Å². The Balaban J connectivity index is 2.35. The molecule has 1 amide bonds. The lowest BCUT2D eigenvalue weighted by atomic mass is 9.97. The minimum absolute atomic E-state index is 0.000102. The first-order chi connectivity index (χ1) is 14.2. The molecule has 4 N–H and O–H groups in total. The van der Waals surface area contributed by atoms with E-state index in [1.807, 2.05) is 27.7 Å². The molecule has 0 aromatic carbocycles. The van der Waals surface area contributed by atoms with Crippen molar-refractivity contribution < 1.29 is 29.4 Å². The zero-order valence-electron chi connectivity index (χ0n) is 19.1. The van der Waals surface area contributed by atoms with Gasteiger partial charge in [-0.2, -0.15) is 11.8 Å². The Bertz CT molecular complexity index is 717. The number of ketones is 1. The molecule has 1 aliphatic carbocycles. The highest BCUT2D eigenvalue weighted by molar-refractivity contribution is 7.99. The van der Waals surface area contributed by atoms with Crippen LogP contribution >= 0.6 is 11.8 Å². The van der Waals surface area contributed by atoms with Crippen molar-refractivity contribution in [2.75, 3.05) is 11.5 Å². The van der Waals surface area contributed by atoms with Gasteiger partial charge in [-0.15, -0.1) is 0 Å². The van der Waals surface area contributed by atoms with Crippen LogP contribution in [0.1, 0.15) is 66.7 Å². The van der Waals surface area contributed by atoms with E-state index in [4.69, 9.17) is 0 Å². The third-order valence-electron chi connectivity index (χ3n) is 5.25. The van der Waals surface area contributed by atoms with E-state index in [1.54, 1.807) is 0 Å². The second kappa shape index (κ2) is 11.7. The Kier molecular flexibility index (Phi) is 10.2. The van der Waals surface area contributed by atoms with Gasteiger partial charge in [0.25, 0.3) is 0 Å². The van der Waals surface area contributed by atoms with Gasteiger partial charge in [0.1, 0.15) is 17.5 Å². The van der Waals surface area contributed by atoms with E-state index in [2.05, 4.69) is 10.6 Å². The Morgan fingerprint density at radius 3 is 2.29 bits per heavy atom. The summed E-state index contributed by atoms with van der Waals surface area (Å²) in [6.45, 7) is 9.06. The lowest BCUT2D eigenvalue weighted by Crippen LogP contribution is -2.51. The Labute approximate surface area is 188 Å². The summed E-state index contributed by atoms with van der Waals surface area (Å²) in [6.07, 6.45) is 4.60. The third kappa shape index (κ3) is 10.3. The lowest BCUT2D eigenvalue weighted by Gasteiger charge is -2.29. The second-order valence-corrected chi connectivity index (χ2v) is 10.7. The number of rotatable bonds is 15. The van der Waals surface area contributed by atoms with Crippen LogP contribution in [0.3, 0.4) is 0 Å². The topological polar surface area (TPSA) is 133 Å². The summed E-state index contributed by atoms with van der Waals surface area (Å²) in [5, 5.41) is 24.3. The number of thioether (sulfide) groups is 1. The molecule has 1 saturated carbocycles. The first-order valence-electron chi connectivity index (χ1n) is 10.6. The van der Waals surface area contributed by atoms with Crippen LogP contribution in [0.5, 0.6) is 0 Å². The van der Waals surface area contributed by atoms with Gasteiger partial charge in [-0.25, -0.2) is 4.79 Å². The van der Waals surface area contributed by atoms with Gasteiger partial charge in [0.2, 0.25) is 5.91 Å². The van der Waals surface area contributed by atoms with Crippen LogP contribution in [-0.2, 0) is 19.2 Å². The number of Topliss-reactive ketones (excluding diaryl/α,β-unsaturated/α-hetero) is 1. The zero-order valence-corrected chi connectivity index (χ0v) is 19.9. The van der Waals surface area contributed by atoms with Gasteiger partial charge in [-0.1, -0.05) is 19.9 Å². The molecule has 31 heavy (non-hydrogen) atoms. The van der Waals surface area contributed by atoms with Crippen LogP contribution in [0.4, 0.5) is 0 Å². The van der Waals surface area contributed by atoms with Crippen molar-refractivity contribution in [3.05, 3.63) is 11.8 Å². The molecule has 0 unspecified atom stereocenters. The van der Waals surface area contributed by atoms with E-state index < -0.39 is 23.5 Å². The van der Waals surface area contributed by atoms with Crippen molar-refractivity contribution in [1.29, 1.82) is 0 Å². The van der Waals surface area contributed by atoms with Gasteiger partial charge < -0.3 is 15.5 Å². The molecule has 0 saturated heterocycles. The first-order valence-corrected chi connectivity index (χ1v) is 11.7. The maximum absolute atomic E-state index is 12.1. The molecular formula is C22H36N2O6S. The molecule has 0 heterocycles. The standard InChI is InChI=1S/C22H36N2O6S/c1-14(25)11-22(4,5)24-17(20(29)30)13-31-10-8-6-7-9-16(19(27)28)23-18(26)15-12-21(15,2)3/h9,15,17,24H,6-8,10-13H2,1-5H3,(H,23,26)(H,27,28)(H,29,30)/b16-9-/t15-,17-/m0/s1. The van der Waals surface area contributed by atoms with Crippen LogP contribution in [0.2, 0.25) is 0 Å². The molecular weight excluding hydrogens is 420 g/mol. The van der Waals surface area contributed by atoms with Crippen LogP contribution < -0.4 is 10.6 Å². The summed E-state index contributed by atoms with van der Waals surface area (Å²) < 4.78 is 0. The maximum atomic E-state index is 12.1. The molecule has 1 rings (SSSR count). The maximum Gasteiger partial charge on any atom is 0.352 e. The minimum atomic E-state index is -1.15. The summed E-state index contributed by atoms with van der Waals surface area (Å²) in [7, 11) is 0. The lowest BCUT2D eigenvalue weighted by molar-refractivity contribution is -0.139. The van der Waals surface area contributed by atoms with Gasteiger partial charge in [-0.3, -0.25) is 19.7 Å². The van der Waals surface area contributed by atoms with E-state index in [0.717, 1.165) is 25.0 Å². The van der Waals surface area contributed by atoms with E-state index in [0.29, 0.717) is 12.2 Å². The fraction of sp³-hybridized carbons (Fsp3) is 0.727. The summed E-state index contributed by atoms with van der Waals surface area (Å²) in [5.74, 6) is -1.37. The van der Waals surface area contributed by atoms with Crippen LogP contribution in [-0.4, -0.2) is 56.9 Å². The normalized spacial score (nSPS) is 18.9. The van der Waals surface area contributed by atoms with Gasteiger partial charge in [-0.05, 0) is 57.6 Å². The number of carbonyl (C=O) groups excluding carboxylic acids is 2. The van der Waals surface area contributed by atoms with Gasteiger partial charge in [0.15, 0.2) is 0 Å². The molecule has 176 valence electrons. The van der Waals surface area contributed by atoms with E-state index in [-0.39, 0.29) is 35.1 Å². The molecule has 9 heteroatoms. The number of carbonyl (C=O) groups is 4.